The predicted molar refractivity (Wildman–Crippen MR) is 72.0 cm³/mol. The standard InChI is InChI=1S/C14H17N3O2/c18-14-12-8-15-5-3-13(12)16-10-17(14)6-1-2-11-4-7-19-9-11/h3,5,8,10-11H,1-2,4,6-7,9H2/t11-/m0/s1. The maximum absolute atomic E-state index is 12.2. The summed E-state index contributed by atoms with van der Waals surface area (Å²) in [5.74, 6) is 0.658. The van der Waals surface area contributed by atoms with E-state index in [1.807, 2.05) is 0 Å². The minimum atomic E-state index is 0.000715. The Morgan fingerprint density at radius 3 is 3.26 bits per heavy atom. The molecule has 1 fully saturated rings. The average Bonchev–Trinajstić information content (AvgIpc) is 2.95. The third kappa shape index (κ3) is 2.66. The first-order valence-electron chi connectivity index (χ1n) is 6.71. The Morgan fingerprint density at radius 2 is 2.42 bits per heavy atom. The number of hydrogen-bond donors (Lipinski definition) is 0. The molecule has 1 aliphatic rings. The Morgan fingerprint density at radius 1 is 1.47 bits per heavy atom. The Labute approximate surface area is 111 Å². The third-order valence-electron chi connectivity index (χ3n) is 3.66. The van der Waals surface area contributed by atoms with Crippen LogP contribution in [0.1, 0.15) is 19.3 Å². The second kappa shape index (κ2) is 5.48. The van der Waals surface area contributed by atoms with E-state index in [2.05, 4.69) is 9.97 Å². The molecule has 100 valence electrons. The second-order valence-corrected chi connectivity index (χ2v) is 5.01. The maximum Gasteiger partial charge on any atom is 0.262 e. The molecule has 1 saturated heterocycles. The molecule has 5 nitrogen and oxygen atoms in total. The topological polar surface area (TPSA) is 57.0 Å². The number of nitrogens with zero attached hydrogens (tertiary/aromatic N) is 3. The lowest BCUT2D eigenvalue weighted by Crippen LogP contribution is -2.21. The maximum atomic E-state index is 12.2. The van der Waals surface area contributed by atoms with Gasteiger partial charge >= 0.3 is 0 Å². The van der Waals surface area contributed by atoms with E-state index in [-0.39, 0.29) is 5.56 Å². The van der Waals surface area contributed by atoms with E-state index in [0.717, 1.165) is 32.5 Å². The summed E-state index contributed by atoms with van der Waals surface area (Å²) in [4.78, 5) is 20.5. The number of pyridine rings is 1. The molecule has 0 saturated carbocycles. The first-order valence-corrected chi connectivity index (χ1v) is 6.71. The summed E-state index contributed by atoms with van der Waals surface area (Å²) >= 11 is 0. The molecule has 0 bridgehead atoms. The van der Waals surface area contributed by atoms with Crippen molar-refractivity contribution in [2.24, 2.45) is 5.92 Å². The van der Waals surface area contributed by atoms with Crippen LogP contribution in [0.25, 0.3) is 10.9 Å². The molecule has 3 heterocycles. The van der Waals surface area contributed by atoms with Gasteiger partial charge in [-0.1, -0.05) is 0 Å². The van der Waals surface area contributed by atoms with E-state index < -0.39 is 0 Å². The van der Waals surface area contributed by atoms with Crippen LogP contribution in [0.15, 0.2) is 29.6 Å². The SMILES string of the molecule is O=c1c2cnccc2ncn1CCC[C@H]1CCOC1. The van der Waals surface area contributed by atoms with Crippen molar-refractivity contribution in [1.29, 1.82) is 0 Å². The van der Waals surface area contributed by atoms with Crippen LogP contribution >= 0.6 is 0 Å². The zero-order valence-corrected chi connectivity index (χ0v) is 10.8. The van der Waals surface area contributed by atoms with E-state index >= 15 is 0 Å². The Balaban J connectivity index is 1.70. The minimum Gasteiger partial charge on any atom is -0.381 e. The first kappa shape index (κ1) is 12.3. The van der Waals surface area contributed by atoms with Gasteiger partial charge in [-0.25, -0.2) is 4.98 Å². The average molecular weight is 259 g/mol. The molecule has 1 atom stereocenters. The van der Waals surface area contributed by atoms with E-state index in [1.54, 1.807) is 29.4 Å². The predicted octanol–water partition coefficient (Wildman–Crippen LogP) is 1.61. The Kier molecular flexibility index (Phi) is 3.55. The highest BCUT2D eigenvalue weighted by Gasteiger charge is 2.15. The highest BCUT2D eigenvalue weighted by molar-refractivity contribution is 5.75. The molecule has 0 aliphatic carbocycles. The molecule has 0 radical (unpaired) electrons. The number of aromatic nitrogens is 3. The van der Waals surface area contributed by atoms with Crippen LogP contribution in [0.4, 0.5) is 0 Å². The monoisotopic (exact) mass is 259 g/mol. The summed E-state index contributed by atoms with van der Waals surface area (Å²) in [6.45, 7) is 2.47. The van der Waals surface area contributed by atoms with E-state index in [0.29, 0.717) is 23.4 Å². The lowest BCUT2D eigenvalue weighted by atomic mass is 10.0. The lowest BCUT2D eigenvalue weighted by molar-refractivity contribution is 0.183. The van der Waals surface area contributed by atoms with Crippen LogP contribution < -0.4 is 5.56 Å². The highest BCUT2D eigenvalue weighted by Crippen LogP contribution is 2.18. The number of hydrogen-bond acceptors (Lipinski definition) is 4. The van der Waals surface area contributed by atoms with Crippen LogP contribution in [-0.2, 0) is 11.3 Å². The Bertz CT molecular complexity index is 617. The van der Waals surface area contributed by atoms with Crippen molar-refractivity contribution in [1.82, 2.24) is 14.5 Å². The minimum absolute atomic E-state index is 0.000715. The molecule has 19 heavy (non-hydrogen) atoms. The lowest BCUT2D eigenvalue weighted by Gasteiger charge is -2.09. The molecule has 0 unspecified atom stereocenters. The van der Waals surface area contributed by atoms with Crippen molar-refractivity contribution in [3.63, 3.8) is 0 Å². The van der Waals surface area contributed by atoms with Crippen molar-refractivity contribution >= 4 is 10.9 Å². The molecule has 0 aromatic carbocycles. The smallest absolute Gasteiger partial charge is 0.262 e. The van der Waals surface area contributed by atoms with Crippen molar-refractivity contribution in [3.8, 4) is 0 Å². The van der Waals surface area contributed by atoms with Gasteiger partial charge in [0.15, 0.2) is 0 Å². The largest absolute Gasteiger partial charge is 0.381 e. The normalized spacial score (nSPS) is 19.1. The number of ether oxygens (including phenoxy) is 1. The van der Waals surface area contributed by atoms with Gasteiger partial charge in [-0.15, -0.1) is 0 Å². The fourth-order valence-electron chi connectivity index (χ4n) is 2.52. The van der Waals surface area contributed by atoms with Gasteiger partial charge in [0.1, 0.15) is 0 Å². The fourth-order valence-corrected chi connectivity index (χ4v) is 2.52. The van der Waals surface area contributed by atoms with Gasteiger partial charge in [0.25, 0.3) is 5.56 Å². The summed E-state index contributed by atoms with van der Waals surface area (Å²) in [6, 6.07) is 1.76. The quantitative estimate of drug-likeness (QED) is 0.837. The van der Waals surface area contributed by atoms with E-state index in [4.69, 9.17) is 4.74 Å². The fraction of sp³-hybridized carbons (Fsp3) is 0.500. The van der Waals surface area contributed by atoms with Gasteiger partial charge in [0.2, 0.25) is 0 Å². The third-order valence-corrected chi connectivity index (χ3v) is 3.66. The molecule has 3 rings (SSSR count). The molecule has 0 amide bonds. The zero-order chi connectivity index (χ0) is 13.1. The van der Waals surface area contributed by atoms with Crippen molar-refractivity contribution in [3.05, 3.63) is 35.1 Å². The van der Waals surface area contributed by atoms with Crippen LogP contribution in [-0.4, -0.2) is 27.7 Å². The summed E-state index contributed by atoms with van der Waals surface area (Å²) < 4.78 is 7.03. The van der Waals surface area contributed by atoms with E-state index in [9.17, 15) is 4.79 Å². The molecule has 5 heteroatoms. The summed E-state index contributed by atoms with van der Waals surface area (Å²) in [6.07, 6.45) is 8.12. The van der Waals surface area contributed by atoms with Crippen molar-refractivity contribution in [2.75, 3.05) is 13.2 Å². The van der Waals surface area contributed by atoms with Crippen LogP contribution in [0.5, 0.6) is 0 Å². The molecule has 1 aliphatic heterocycles. The molecule has 0 spiro atoms. The highest BCUT2D eigenvalue weighted by atomic mass is 16.5. The van der Waals surface area contributed by atoms with Gasteiger partial charge in [0, 0.05) is 32.2 Å². The van der Waals surface area contributed by atoms with Crippen LogP contribution in [0.3, 0.4) is 0 Å². The summed E-state index contributed by atoms with van der Waals surface area (Å²) in [5, 5.41) is 0.592. The summed E-state index contributed by atoms with van der Waals surface area (Å²) in [5.41, 5.74) is 0.709. The van der Waals surface area contributed by atoms with Gasteiger partial charge < -0.3 is 4.74 Å². The molecule has 0 N–H and O–H groups in total. The van der Waals surface area contributed by atoms with Crippen LogP contribution in [0, 0.1) is 5.92 Å². The van der Waals surface area contributed by atoms with Gasteiger partial charge in [0.05, 0.1) is 17.2 Å². The van der Waals surface area contributed by atoms with Gasteiger partial charge in [-0.3, -0.25) is 14.3 Å². The van der Waals surface area contributed by atoms with Crippen LogP contribution in [0.2, 0.25) is 0 Å². The number of aryl methyl sites for hydroxylation is 1. The van der Waals surface area contributed by atoms with Gasteiger partial charge in [-0.05, 0) is 31.2 Å². The molecule has 2 aromatic rings. The molecular weight excluding hydrogens is 242 g/mol. The van der Waals surface area contributed by atoms with E-state index in [1.165, 1.54) is 0 Å². The molecular formula is C14H17N3O2. The van der Waals surface area contributed by atoms with Crippen molar-refractivity contribution in [2.45, 2.75) is 25.8 Å². The zero-order valence-electron chi connectivity index (χ0n) is 10.8. The number of fused-ring (bicyclic) bond motifs is 1. The van der Waals surface area contributed by atoms with Gasteiger partial charge in [-0.2, -0.15) is 0 Å². The Hall–Kier alpha value is -1.75. The first-order chi connectivity index (χ1) is 9.34. The van der Waals surface area contributed by atoms with Crippen molar-refractivity contribution < 1.29 is 4.74 Å². The number of rotatable bonds is 4. The summed E-state index contributed by atoms with van der Waals surface area (Å²) in [7, 11) is 0. The second-order valence-electron chi connectivity index (χ2n) is 5.01. The molecule has 2 aromatic heterocycles.